The number of halogens is 3. The van der Waals surface area contributed by atoms with Crippen LogP contribution in [0.3, 0.4) is 0 Å². The molecule has 1 aromatic carbocycles. The van der Waals surface area contributed by atoms with E-state index in [0.29, 0.717) is 6.29 Å². The van der Waals surface area contributed by atoms with Crippen molar-refractivity contribution in [3.05, 3.63) is 33.6 Å². The van der Waals surface area contributed by atoms with Crippen LogP contribution in [-0.2, 0) is 9.22 Å². The summed E-state index contributed by atoms with van der Waals surface area (Å²) in [7, 11) is -1.96. The van der Waals surface area contributed by atoms with Crippen molar-refractivity contribution < 1.29 is 13.6 Å². The van der Waals surface area contributed by atoms with Gasteiger partial charge in [0.2, 0.25) is 0 Å². The van der Waals surface area contributed by atoms with E-state index in [0.717, 1.165) is 6.07 Å². The Kier molecular flexibility index (Phi) is 4.72. The number of hydrogen-bond donors (Lipinski definition) is 0. The van der Waals surface area contributed by atoms with Gasteiger partial charge in [-0.2, -0.15) is 0 Å². The monoisotopic (exact) mass is 294 g/mol. The van der Waals surface area contributed by atoms with Gasteiger partial charge >= 0.3 is 0 Å². The van der Waals surface area contributed by atoms with Crippen molar-refractivity contribution in [1.29, 1.82) is 0 Å². The molecule has 0 aliphatic carbocycles. The SMILES string of the molecule is C[Si](C)(C)OC(C=O)c1c(Cl)ccc(F)c1Cl. The highest BCUT2D eigenvalue weighted by molar-refractivity contribution is 6.69. The Hall–Kier alpha value is -0.423. The molecular formula is C11H13Cl2FO2Si. The van der Waals surface area contributed by atoms with Gasteiger partial charge in [0.1, 0.15) is 11.9 Å². The predicted molar refractivity (Wildman–Crippen MR) is 69.7 cm³/mol. The van der Waals surface area contributed by atoms with E-state index in [1.807, 2.05) is 19.6 Å². The van der Waals surface area contributed by atoms with Crippen LogP contribution in [0.1, 0.15) is 11.7 Å². The van der Waals surface area contributed by atoms with Gasteiger partial charge in [-0.3, -0.25) is 0 Å². The molecule has 0 N–H and O–H groups in total. The van der Waals surface area contributed by atoms with Crippen LogP contribution >= 0.6 is 23.2 Å². The minimum absolute atomic E-state index is 0.159. The molecule has 0 saturated carbocycles. The molecule has 0 saturated heterocycles. The van der Waals surface area contributed by atoms with Crippen LogP contribution in [0.25, 0.3) is 0 Å². The first-order valence-corrected chi connectivity index (χ1v) is 9.19. The molecule has 1 rings (SSSR count). The minimum atomic E-state index is -1.96. The van der Waals surface area contributed by atoms with Crippen LogP contribution in [0, 0.1) is 5.82 Å². The molecule has 0 radical (unpaired) electrons. The van der Waals surface area contributed by atoms with Crippen molar-refractivity contribution in [2.24, 2.45) is 0 Å². The Morgan fingerprint density at radius 3 is 2.41 bits per heavy atom. The van der Waals surface area contributed by atoms with E-state index in [4.69, 9.17) is 27.6 Å². The highest BCUT2D eigenvalue weighted by atomic mass is 35.5. The fraction of sp³-hybridized carbons (Fsp3) is 0.364. The quantitative estimate of drug-likeness (QED) is 0.472. The average Bonchev–Trinajstić information content (AvgIpc) is 2.21. The predicted octanol–water partition coefficient (Wildman–Crippen LogP) is 4.22. The maximum atomic E-state index is 13.3. The zero-order chi connectivity index (χ0) is 13.2. The molecule has 0 fully saturated rings. The molecule has 0 spiro atoms. The Bertz CT molecular complexity index is 432. The zero-order valence-electron chi connectivity index (χ0n) is 9.76. The van der Waals surface area contributed by atoms with E-state index in [1.165, 1.54) is 6.07 Å². The van der Waals surface area contributed by atoms with E-state index >= 15 is 0 Å². The molecule has 0 aliphatic heterocycles. The third kappa shape index (κ3) is 3.78. The number of rotatable bonds is 4. The summed E-state index contributed by atoms with van der Waals surface area (Å²) < 4.78 is 19.0. The van der Waals surface area contributed by atoms with Gasteiger partial charge < -0.3 is 9.22 Å². The number of carbonyl (C=O) groups is 1. The Morgan fingerprint density at radius 1 is 1.35 bits per heavy atom. The number of hydrogen-bond acceptors (Lipinski definition) is 2. The maximum absolute atomic E-state index is 13.3. The molecule has 0 bridgehead atoms. The molecule has 94 valence electrons. The van der Waals surface area contributed by atoms with Crippen molar-refractivity contribution in [3.63, 3.8) is 0 Å². The number of carbonyl (C=O) groups excluding carboxylic acids is 1. The lowest BCUT2D eigenvalue weighted by Crippen LogP contribution is -2.29. The highest BCUT2D eigenvalue weighted by Crippen LogP contribution is 2.34. The summed E-state index contributed by atoms with van der Waals surface area (Å²) in [5.41, 5.74) is 0.200. The summed E-state index contributed by atoms with van der Waals surface area (Å²) in [6.45, 7) is 5.76. The lowest BCUT2D eigenvalue weighted by atomic mass is 10.1. The van der Waals surface area contributed by atoms with E-state index in [-0.39, 0.29) is 15.6 Å². The van der Waals surface area contributed by atoms with Crippen molar-refractivity contribution in [1.82, 2.24) is 0 Å². The second kappa shape index (κ2) is 5.48. The summed E-state index contributed by atoms with van der Waals surface area (Å²) in [6.07, 6.45) is -0.331. The minimum Gasteiger partial charge on any atom is -0.404 e. The third-order valence-corrected chi connectivity index (χ3v) is 3.64. The molecule has 6 heteroatoms. The highest BCUT2D eigenvalue weighted by Gasteiger charge is 2.26. The Morgan fingerprint density at radius 2 is 1.94 bits per heavy atom. The van der Waals surface area contributed by atoms with Gasteiger partial charge in [0, 0.05) is 10.6 Å². The van der Waals surface area contributed by atoms with E-state index in [2.05, 4.69) is 0 Å². The summed E-state index contributed by atoms with van der Waals surface area (Å²) in [5, 5.41) is 0.0691. The fourth-order valence-electron chi connectivity index (χ4n) is 1.34. The lowest BCUT2D eigenvalue weighted by Gasteiger charge is -2.24. The molecule has 0 aliphatic rings. The van der Waals surface area contributed by atoms with Gasteiger partial charge in [0.05, 0.1) is 5.02 Å². The van der Waals surface area contributed by atoms with Gasteiger partial charge in [0.15, 0.2) is 14.6 Å². The maximum Gasteiger partial charge on any atom is 0.185 e. The Labute approximate surface area is 111 Å². The molecule has 0 heterocycles. The molecule has 17 heavy (non-hydrogen) atoms. The summed E-state index contributed by atoms with van der Waals surface area (Å²) in [4.78, 5) is 11.1. The van der Waals surface area contributed by atoms with Crippen molar-refractivity contribution >= 4 is 37.8 Å². The molecule has 1 atom stereocenters. The topological polar surface area (TPSA) is 26.3 Å². The summed E-state index contributed by atoms with van der Waals surface area (Å²) in [6, 6.07) is 2.52. The Balaban J connectivity index is 3.21. The van der Waals surface area contributed by atoms with Crippen LogP contribution < -0.4 is 0 Å². The lowest BCUT2D eigenvalue weighted by molar-refractivity contribution is -0.114. The van der Waals surface area contributed by atoms with Crippen molar-refractivity contribution in [2.45, 2.75) is 25.7 Å². The number of benzene rings is 1. The van der Waals surface area contributed by atoms with Crippen LogP contribution in [0.5, 0.6) is 0 Å². The standard InChI is InChI=1S/C11H13Cl2FO2Si/c1-17(2,3)16-9(6-15)10-7(12)4-5-8(14)11(10)13/h4-6,9H,1-3H3. The van der Waals surface area contributed by atoms with Crippen LogP contribution in [0.4, 0.5) is 4.39 Å². The number of aldehydes is 1. The fourth-order valence-corrected chi connectivity index (χ4v) is 2.86. The van der Waals surface area contributed by atoms with Gasteiger partial charge in [-0.05, 0) is 31.8 Å². The molecular weight excluding hydrogens is 282 g/mol. The van der Waals surface area contributed by atoms with E-state index in [9.17, 15) is 9.18 Å². The van der Waals surface area contributed by atoms with Crippen molar-refractivity contribution in [2.75, 3.05) is 0 Å². The molecule has 1 unspecified atom stereocenters. The van der Waals surface area contributed by atoms with E-state index in [1.54, 1.807) is 0 Å². The molecule has 0 aromatic heterocycles. The second-order valence-corrected chi connectivity index (χ2v) is 9.79. The van der Waals surface area contributed by atoms with Gasteiger partial charge in [-0.25, -0.2) is 4.39 Å². The third-order valence-electron chi connectivity index (χ3n) is 1.97. The van der Waals surface area contributed by atoms with Gasteiger partial charge in [0.25, 0.3) is 0 Å². The normalized spacial score (nSPS) is 13.5. The van der Waals surface area contributed by atoms with Crippen LogP contribution in [-0.4, -0.2) is 14.6 Å². The first-order valence-electron chi connectivity index (χ1n) is 5.03. The first kappa shape index (κ1) is 14.6. The van der Waals surface area contributed by atoms with E-state index < -0.39 is 20.2 Å². The van der Waals surface area contributed by atoms with Crippen LogP contribution in [0.2, 0.25) is 29.7 Å². The second-order valence-electron chi connectivity index (χ2n) is 4.54. The first-order chi connectivity index (χ1) is 7.76. The van der Waals surface area contributed by atoms with Crippen LogP contribution in [0.15, 0.2) is 12.1 Å². The van der Waals surface area contributed by atoms with Gasteiger partial charge in [-0.15, -0.1) is 0 Å². The smallest absolute Gasteiger partial charge is 0.185 e. The summed E-state index contributed by atoms with van der Waals surface area (Å²) >= 11 is 11.7. The van der Waals surface area contributed by atoms with Crippen molar-refractivity contribution in [3.8, 4) is 0 Å². The zero-order valence-corrected chi connectivity index (χ0v) is 12.3. The molecule has 1 aromatic rings. The average molecular weight is 295 g/mol. The summed E-state index contributed by atoms with van der Waals surface area (Å²) in [5.74, 6) is -0.614. The molecule has 2 nitrogen and oxygen atoms in total. The molecule has 0 amide bonds. The largest absolute Gasteiger partial charge is 0.404 e. The van der Waals surface area contributed by atoms with Gasteiger partial charge in [-0.1, -0.05) is 23.2 Å².